The molecular weight excluding hydrogens is 162 g/mol. The molecule has 1 N–H and O–H groups in total. The zero-order chi connectivity index (χ0) is 9.68. The van der Waals surface area contributed by atoms with Crippen LogP contribution < -0.4 is 0 Å². The Morgan fingerprint density at radius 3 is 2.46 bits per heavy atom. The van der Waals surface area contributed by atoms with Crippen molar-refractivity contribution in [2.45, 2.75) is 20.3 Å². The van der Waals surface area contributed by atoms with Crippen LogP contribution in [0.1, 0.15) is 25.8 Å². The highest BCUT2D eigenvalue weighted by Crippen LogP contribution is 2.12. The summed E-state index contributed by atoms with van der Waals surface area (Å²) in [6.07, 6.45) is 0.980. The van der Waals surface area contributed by atoms with Crippen molar-refractivity contribution in [2.24, 2.45) is 11.1 Å². The normalized spacial score (nSPS) is 14.2. The summed E-state index contributed by atoms with van der Waals surface area (Å²) in [4.78, 5) is 0. The lowest BCUT2D eigenvalue weighted by Gasteiger charge is -2.10. The van der Waals surface area contributed by atoms with Gasteiger partial charge in [-0.25, -0.2) is 0 Å². The maximum atomic E-state index is 8.87. The van der Waals surface area contributed by atoms with Crippen LogP contribution in [0, 0.1) is 5.92 Å². The third-order valence-corrected chi connectivity index (χ3v) is 2.26. The van der Waals surface area contributed by atoms with Gasteiger partial charge in [0.2, 0.25) is 0 Å². The summed E-state index contributed by atoms with van der Waals surface area (Å²) in [5, 5.41) is 12.2. The smallest absolute Gasteiger partial charge is 0.0895 e. The lowest BCUT2D eigenvalue weighted by Crippen LogP contribution is -2.11. The van der Waals surface area contributed by atoms with Crippen LogP contribution in [0.3, 0.4) is 0 Å². The lowest BCUT2D eigenvalue weighted by atomic mass is 9.96. The van der Waals surface area contributed by atoms with Gasteiger partial charge < -0.3 is 5.21 Å². The zero-order valence-electron chi connectivity index (χ0n) is 8.07. The van der Waals surface area contributed by atoms with Gasteiger partial charge in [-0.1, -0.05) is 49.3 Å². The molecule has 0 saturated carbocycles. The van der Waals surface area contributed by atoms with E-state index in [4.69, 9.17) is 5.21 Å². The van der Waals surface area contributed by atoms with Crippen molar-refractivity contribution in [2.75, 3.05) is 0 Å². The number of hydrogen-bond donors (Lipinski definition) is 1. The Morgan fingerprint density at radius 1 is 1.38 bits per heavy atom. The fraction of sp³-hybridized carbons (Fsp3) is 0.364. The maximum Gasteiger partial charge on any atom is 0.0895 e. The number of oxime groups is 1. The molecule has 70 valence electrons. The number of benzene rings is 1. The summed E-state index contributed by atoms with van der Waals surface area (Å²) < 4.78 is 0. The zero-order valence-corrected chi connectivity index (χ0v) is 8.07. The summed E-state index contributed by atoms with van der Waals surface area (Å²) in [5.74, 6) is 0.299. The van der Waals surface area contributed by atoms with Gasteiger partial charge in [0.15, 0.2) is 0 Å². The van der Waals surface area contributed by atoms with Crippen molar-refractivity contribution in [3.05, 3.63) is 35.9 Å². The Kier molecular flexibility index (Phi) is 3.50. The number of rotatable bonds is 3. The topological polar surface area (TPSA) is 32.6 Å². The van der Waals surface area contributed by atoms with Crippen molar-refractivity contribution in [3.63, 3.8) is 0 Å². The molecule has 0 aliphatic carbocycles. The largest absolute Gasteiger partial charge is 0.411 e. The molecular formula is C11H15NO. The molecule has 1 atom stereocenters. The van der Waals surface area contributed by atoms with Crippen molar-refractivity contribution in [1.82, 2.24) is 0 Å². The van der Waals surface area contributed by atoms with E-state index in [1.807, 2.05) is 30.3 Å². The minimum absolute atomic E-state index is 0.299. The predicted octanol–water partition coefficient (Wildman–Crippen LogP) is 2.91. The molecule has 1 aromatic rings. The highest BCUT2D eigenvalue weighted by molar-refractivity contribution is 6.01. The standard InChI is InChI=1S/C11H15NO/c1-3-9(2)11(12-13)10-7-5-4-6-8-10/h4-9,13H,3H2,1-2H3/b12-11+. The van der Waals surface area contributed by atoms with Gasteiger partial charge >= 0.3 is 0 Å². The number of nitrogens with zero attached hydrogens (tertiary/aromatic N) is 1. The van der Waals surface area contributed by atoms with Crippen LogP contribution in [-0.2, 0) is 0 Å². The summed E-state index contributed by atoms with van der Waals surface area (Å²) >= 11 is 0. The van der Waals surface area contributed by atoms with Crippen LogP contribution in [-0.4, -0.2) is 10.9 Å². The molecule has 0 aliphatic heterocycles. The molecule has 0 heterocycles. The highest BCUT2D eigenvalue weighted by atomic mass is 16.4. The van der Waals surface area contributed by atoms with E-state index in [1.54, 1.807) is 0 Å². The predicted molar refractivity (Wildman–Crippen MR) is 54.2 cm³/mol. The van der Waals surface area contributed by atoms with E-state index in [0.29, 0.717) is 5.92 Å². The van der Waals surface area contributed by atoms with Crippen LogP contribution in [0.15, 0.2) is 35.5 Å². The second kappa shape index (κ2) is 4.65. The molecule has 0 bridgehead atoms. The fourth-order valence-electron chi connectivity index (χ4n) is 1.24. The van der Waals surface area contributed by atoms with Gasteiger partial charge in [-0.05, 0) is 12.0 Å². The summed E-state index contributed by atoms with van der Waals surface area (Å²) in [7, 11) is 0. The van der Waals surface area contributed by atoms with E-state index in [9.17, 15) is 0 Å². The molecule has 0 aromatic heterocycles. The quantitative estimate of drug-likeness (QED) is 0.430. The molecule has 1 rings (SSSR count). The first kappa shape index (κ1) is 9.78. The van der Waals surface area contributed by atoms with Crippen LogP contribution in [0.4, 0.5) is 0 Å². The minimum Gasteiger partial charge on any atom is -0.411 e. The molecule has 2 nitrogen and oxygen atoms in total. The number of hydrogen-bond acceptors (Lipinski definition) is 2. The third kappa shape index (κ3) is 2.31. The monoisotopic (exact) mass is 177 g/mol. The maximum absolute atomic E-state index is 8.87. The van der Waals surface area contributed by atoms with Gasteiger partial charge in [0.1, 0.15) is 0 Å². The highest BCUT2D eigenvalue weighted by Gasteiger charge is 2.10. The molecule has 2 heteroatoms. The van der Waals surface area contributed by atoms with Gasteiger partial charge in [-0.3, -0.25) is 0 Å². The Bertz CT molecular complexity index is 279. The molecule has 1 unspecified atom stereocenters. The molecule has 0 amide bonds. The average molecular weight is 177 g/mol. The van der Waals surface area contributed by atoms with E-state index in [2.05, 4.69) is 19.0 Å². The minimum atomic E-state index is 0.299. The Morgan fingerprint density at radius 2 is 2.00 bits per heavy atom. The Hall–Kier alpha value is -1.31. The molecule has 0 spiro atoms. The lowest BCUT2D eigenvalue weighted by molar-refractivity contribution is 0.315. The van der Waals surface area contributed by atoms with Gasteiger partial charge in [0.05, 0.1) is 5.71 Å². The first-order chi connectivity index (χ1) is 6.29. The summed E-state index contributed by atoms with van der Waals surface area (Å²) in [6, 6.07) is 9.77. The van der Waals surface area contributed by atoms with E-state index in [1.165, 1.54) is 0 Å². The van der Waals surface area contributed by atoms with Gasteiger partial charge in [-0.15, -0.1) is 0 Å². The summed E-state index contributed by atoms with van der Waals surface area (Å²) in [5.41, 5.74) is 1.77. The molecule has 0 aliphatic rings. The first-order valence-electron chi connectivity index (χ1n) is 4.57. The third-order valence-electron chi connectivity index (χ3n) is 2.26. The van der Waals surface area contributed by atoms with E-state index >= 15 is 0 Å². The van der Waals surface area contributed by atoms with E-state index < -0.39 is 0 Å². The van der Waals surface area contributed by atoms with Gasteiger partial charge in [0, 0.05) is 5.92 Å². The molecule has 0 fully saturated rings. The SMILES string of the molecule is CCC(C)/C(=N\O)c1ccccc1. The van der Waals surface area contributed by atoms with Crippen LogP contribution in [0.25, 0.3) is 0 Å². The van der Waals surface area contributed by atoms with E-state index in [-0.39, 0.29) is 0 Å². The molecule has 13 heavy (non-hydrogen) atoms. The average Bonchev–Trinajstić information content (AvgIpc) is 2.20. The van der Waals surface area contributed by atoms with Gasteiger partial charge in [0.25, 0.3) is 0 Å². The molecule has 0 saturated heterocycles. The van der Waals surface area contributed by atoms with Crippen molar-refractivity contribution >= 4 is 5.71 Å². The molecule has 1 aromatic carbocycles. The Balaban J connectivity index is 2.93. The van der Waals surface area contributed by atoms with Crippen molar-refractivity contribution in [1.29, 1.82) is 0 Å². The van der Waals surface area contributed by atoms with Gasteiger partial charge in [-0.2, -0.15) is 0 Å². The van der Waals surface area contributed by atoms with E-state index in [0.717, 1.165) is 17.7 Å². The summed E-state index contributed by atoms with van der Waals surface area (Å²) in [6.45, 7) is 4.14. The molecule has 0 radical (unpaired) electrons. The van der Waals surface area contributed by atoms with Crippen molar-refractivity contribution in [3.8, 4) is 0 Å². The fourth-order valence-corrected chi connectivity index (χ4v) is 1.24. The first-order valence-corrected chi connectivity index (χ1v) is 4.57. The van der Waals surface area contributed by atoms with Crippen molar-refractivity contribution < 1.29 is 5.21 Å². The van der Waals surface area contributed by atoms with Crippen LogP contribution >= 0.6 is 0 Å². The Labute approximate surface area is 78.9 Å². The second-order valence-corrected chi connectivity index (χ2v) is 3.16. The second-order valence-electron chi connectivity index (χ2n) is 3.16. The van der Waals surface area contributed by atoms with Crippen LogP contribution in [0.5, 0.6) is 0 Å². The van der Waals surface area contributed by atoms with Crippen LogP contribution in [0.2, 0.25) is 0 Å².